The van der Waals surface area contributed by atoms with E-state index in [1.54, 1.807) is 31.2 Å². The molecule has 29 heavy (non-hydrogen) atoms. The van der Waals surface area contributed by atoms with E-state index in [0.717, 1.165) is 12.0 Å². The maximum atomic E-state index is 13.2. The summed E-state index contributed by atoms with van der Waals surface area (Å²) in [6.07, 6.45) is 0.788. The molecule has 2 atom stereocenters. The van der Waals surface area contributed by atoms with E-state index in [2.05, 4.69) is 5.32 Å². The highest BCUT2D eigenvalue weighted by molar-refractivity contribution is 6.36. The minimum absolute atomic E-state index is 0.0100. The zero-order valence-electron chi connectivity index (χ0n) is 16.7. The second-order valence-electron chi connectivity index (χ2n) is 6.98. The predicted molar refractivity (Wildman–Crippen MR) is 120 cm³/mol. The van der Waals surface area contributed by atoms with E-state index in [1.165, 1.54) is 4.90 Å². The molecule has 0 aliphatic rings. The van der Waals surface area contributed by atoms with Crippen LogP contribution in [0.4, 0.5) is 0 Å². The zero-order chi connectivity index (χ0) is 21.6. The molecule has 0 radical (unpaired) electrons. The smallest absolute Gasteiger partial charge is 0.242 e. The number of rotatable bonds is 8. The van der Waals surface area contributed by atoms with Crippen molar-refractivity contribution >= 4 is 46.6 Å². The molecule has 0 bridgehead atoms. The quantitative estimate of drug-likeness (QED) is 0.569. The molecule has 156 valence electrons. The number of hydrogen-bond acceptors (Lipinski definition) is 2. The van der Waals surface area contributed by atoms with E-state index >= 15 is 0 Å². The summed E-state index contributed by atoms with van der Waals surface area (Å²) < 4.78 is 0. The molecule has 4 nitrogen and oxygen atoms in total. The first kappa shape index (κ1) is 23.5. The third kappa shape index (κ3) is 6.36. The summed E-state index contributed by atoms with van der Waals surface area (Å²) in [5, 5.41) is 4.31. The molecule has 2 rings (SSSR count). The van der Waals surface area contributed by atoms with Gasteiger partial charge in [0.25, 0.3) is 0 Å². The summed E-state index contributed by atoms with van der Waals surface area (Å²) >= 11 is 18.8. The van der Waals surface area contributed by atoms with Gasteiger partial charge in [-0.1, -0.05) is 66.0 Å². The van der Waals surface area contributed by atoms with Crippen LogP contribution in [0.5, 0.6) is 0 Å². The number of carbonyl (C=O) groups is 2. The van der Waals surface area contributed by atoms with Crippen molar-refractivity contribution in [3.05, 3.63) is 68.7 Å². The fourth-order valence-electron chi connectivity index (χ4n) is 2.81. The van der Waals surface area contributed by atoms with Crippen molar-refractivity contribution in [2.24, 2.45) is 0 Å². The number of carbonyl (C=O) groups excluding carboxylic acids is 2. The van der Waals surface area contributed by atoms with Crippen LogP contribution in [0.15, 0.2) is 42.5 Å². The summed E-state index contributed by atoms with van der Waals surface area (Å²) in [5.41, 5.74) is 1.30. The van der Waals surface area contributed by atoms with Gasteiger partial charge in [-0.15, -0.1) is 0 Å². The van der Waals surface area contributed by atoms with Crippen molar-refractivity contribution in [3.8, 4) is 0 Å². The molecule has 0 saturated carbocycles. The van der Waals surface area contributed by atoms with E-state index in [1.807, 2.05) is 32.0 Å². The van der Waals surface area contributed by atoms with Crippen LogP contribution in [0, 0.1) is 0 Å². The number of hydrogen-bond donors (Lipinski definition) is 1. The lowest BCUT2D eigenvalue weighted by Gasteiger charge is -2.30. The molecule has 7 heteroatoms. The number of nitrogens with one attached hydrogen (secondary N) is 1. The number of benzene rings is 2. The Balaban J connectivity index is 2.31. The summed E-state index contributed by atoms with van der Waals surface area (Å²) in [6, 6.07) is 11.7. The van der Waals surface area contributed by atoms with Gasteiger partial charge in [0.1, 0.15) is 6.04 Å². The van der Waals surface area contributed by atoms with Crippen LogP contribution in [0.25, 0.3) is 0 Å². The maximum absolute atomic E-state index is 13.2. The van der Waals surface area contributed by atoms with Crippen LogP contribution < -0.4 is 5.32 Å². The largest absolute Gasteiger partial charge is 0.352 e. The van der Waals surface area contributed by atoms with Crippen LogP contribution in [0.3, 0.4) is 0 Å². The van der Waals surface area contributed by atoms with Crippen molar-refractivity contribution in [2.75, 3.05) is 0 Å². The normalized spacial score (nSPS) is 12.9. The highest BCUT2D eigenvalue weighted by Crippen LogP contribution is 2.26. The standard InChI is InChI=1S/C22H25Cl3N2O2/c1-4-14(2)26-22(29)15(3)27(13-16-8-5-6-9-18(16)23)21(28)12-17-19(24)10-7-11-20(17)25/h5-11,14-15H,4,12-13H2,1-3H3,(H,26,29)/t14-,15+/m1/s1. The number of nitrogens with zero attached hydrogens (tertiary/aromatic N) is 1. The molecule has 0 aliphatic heterocycles. The monoisotopic (exact) mass is 454 g/mol. The van der Waals surface area contributed by atoms with Crippen molar-refractivity contribution in [1.29, 1.82) is 0 Å². The number of amides is 2. The average Bonchev–Trinajstić information content (AvgIpc) is 2.69. The fourth-order valence-corrected chi connectivity index (χ4v) is 3.54. The highest BCUT2D eigenvalue weighted by atomic mass is 35.5. The third-order valence-electron chi connectivity index (χ3n) is 4.86. The lowest BCUT2D eigenvalue weighted by Crippen LogP contribution is -2.50. The Morgan fingerprint density at radius 1 is 0.966 bits per heavy atom. The molecular weight excluding hydrogens is 431 g/mol. The van der Waals surface area contributed by atoms with Gasteiger partial charge in [-0.25, -0.2) is 0 Å². The first-order chi connectivity index (χ1) is 13.7. The average molecular weight is 456 g/mol. The Labute approximate surface area is 187 Å². The van der Waals surface area contributed by atoms with Crippen LogP contribution >= 0.6 is 34.8 Å². The van der Waals surface area contributed by atoms with E-state index in [0.29, 0.717) is 20.6 Å². The topological polar surface area (TPSA) is 49.4 Å². The molecule has 0 fully saturated rings. The minimum atomic E-state index is -0.686. The van der Waals surface area contributed by atoms with Crippen molar-refractivity contribution < 1.29 is 9.59 Å². The second-order valence-corrected chi connectivity index (χ2v) is 8.21. The highest BCUT2D eigenvalue weighted by Gasteiger charge is 2.28. The molecule has 0 heterocycles. The predicted octanol–water partition coefficient (Wildman–Crippen LogP) is 5.52. The number of halogens is 3. The Hall–Kier alpha value is -1.75. The molecule has 0 aliphatic carbocycles. The van der Waals surface area contributed by atoms with Crippen molar-refractivity contribution in [3.63, 3.8) is 0 Å². The Morgan fingerprint density at radius 2 is 1.55 bits per heavy atom. The van der Waals surface area contributed by atoms with Gasteiger partial charge in [0, 0.05) is 27.7 Å². The zero-order valence-corrected chi connectivity index (χ0v) is 19.0. The third-order valence-corrected chi connectivity index (χ3v) is 5.93. The molecule has 2 amide bonds. The molecule has 2 aromatic carbocycles. The molecule has 2 aromatic rings. The molecule has 1 N–H and O–H groups in total. The van der Waals surface area contributed by atoms with Gasteiger partial charge in [-0.2, -0.15) is 0 Å². The second kappa shape index (κ2) is 10.9. The van der Waals surface area contributed by atoms with Crippen LogP contribution in [0.2, 0.25) is 15.1 Å². The van der Waals surface area contributed by atoms with Crippen LogP contribution in [-0.2, 0) is 22.6 Å². The first-order valence-corrected chi connectivity index (χ1v) is 10.6. The first-order valence-electron chi connectivity index (χ1n) is 9.50. The molecule has 0 spiro atoms. The summed E-state index contributed by atoms with van der Waals surface area (Å²) in [7, 11) is 0. The Bertz CT molecular complexity index is 853. The SMILES string of the molecule is CC[C@@H](C)NC(=O)[C@H](C)N(Cc1ccccc1Cl)C(=O)Cc1c(Cl)cccc1Cl. The summed E-state index contributed by atoms with van der Waals surface area (Å²) in [6.45, 7) is 5.83. The van der Waals surface area contributed by atoms with Crippen LogP contribution in [-0.4, -0.2) is 28.8 Å². The van der Waals surface area contributed by atoms with E-state index < -0.39 is 6.04 Å². The Kier molecular flexibility index (Phi) is 8.81. The van der Waals surface area contributed by atoms with Crippen LogP contribution in [0.1, 0.15) is 38.3 Å². The van der Waals surface area contributed by atoms with Crippen molar-refractivity contribution in [1.82, 2.24) is 10.2 Å². The minimum Gasteiger partial charge on any atom is -0.352 e. The molecule has 0 aromatic heterocycles. The van der Waals surface area contributed by atoms with Gasteiger partial charge >= 0.3 is 0 Å². The van der Waals surface area contributed by atoms with Gasteiger partial charge in [0.2, 0.25) is 11.8 Å². The van der Waals surface area contributed by atoms with Gasteiger partial charge in [-0.05, 0) is 49.6 Å². The molecule has 0 unspecified atom stereocenters. The van der Waals surface area contributed by atoms with Gasteiger partial charge in [0.05, 0.1) is 6.42 Å². The van der Waals surface area contributed by atoms with E-state index in [-0.39, 0.29) is 30.8 Å². The van der Waals surface area contributed by atoms with Gasteiger partial charge < -0.3 is 10.2 Å². The Morgan fingerprint density at radius 3 is 2.14 bits per heavy atom. The lowest BCUT2D eigenvalue weighted by molar-refractivity contribution is -0.140. The van der Waals surface area contributed by atoms with Gasteiger partial charge in [0.15, 0.2) is 0 Å². The van der Waals surface area contributed by atoms with Crippen molar-refractivity contribution in [2.45, 2.75) is 52.2 Å². The maximum Gasteiger partial charge on any atom is 0.242 e. The molecular formula is C22H25Cl3N2O2. The van der Waals surface area contributed by atoms with Gasteiger partial charge in [-0.3, -0.25) is 9.59 Å². The van der Waals surface area contributed by atoms with E-state index in [9.17, 15) is 9.59 Å². The van der Waals surface area contributed by atoms with E-state index in [4.69, 9.17) is 34.8 Å². The summed E-state index contributed by atoms with van der Waals surface area (Å²) in [4.78, 5) is 27.5. The molecule has 0 saturated heterocycles. The summed E-state index contributed by atoms with van der Waals surface area (Å²) in [5.74, 6) is -0.475. The fraction of sp³-hybridized carbons (Fsp3) is 0.364. The lowest BCUT2D eigenvalue weighted by atomic mass is 10.1.